The summed E-state index contributed by atoms with van der Waals surface area (Å²) in [6.07, 6.45) is 1.07. The third-order valence-electron chi connectivity index (χ3n) is 2.50. The quantitative estimate of drug-likeness (QED) is 0.668. The van der Waals surface area contributed by atoms with Crippen molar-refractivity contribution in [3.63, 3.8) is 0 Å². The van der Waals surface area contributed by atoms with Crippen LogP contribution in [0.1, 0.15) is 18.0 Å². The van der Waals surface area contributed by atoms with Gasteiger partial charge in [-0.05, 0) is 12.0 Å². The number of nitrogens with two attached hydrogens (primary N) is 1. The topological polar surface area (TPSA) is 41.3 Å². The number of hydrogen-bond acceptors (Lipinski definition) is 3. The Morgan fingerprint density at radius 1 is 1.38 bits per heavy atom. The molecule has 1 fully saturated rings. The summed E-state index contributed by atoms with van der Waals surface area (Å²) in [5, 5.41) is 2.08. The smallest absolute Gasteiger partial charge is 0.0700 e. The van der Waals surface area contributed by atoms with Crippen LogP contribution in [-0.2, 0) is 0 Å². The molecule has 0 aromatic heterocycles. The Morgan fingerprint density at radius 2 is 2.08 bits per heavy atom. The maximum absolute atomic E-state index is 5.80. The van der Waals surface area contributed by atoms with E-state index < -0.39 is 0 Å². The van der Waals surface area contributed by atoms with Crippen LogP contribution in [0.25, 0.3) is 0 Å². The molecule has 0 bridgehead atoms. The lowest BCUT2D eigenvalue weighted by Crippen LogP contribution is -2.37. The van der Waals surface area contributed by atoms with Gasteiger partial charge in [0.05, 0.1) is 12.2 Å². The summed E-state index contributed by atoms with van der Waals surface area (Å²) in [7, 11) is 2.03. The molecule has 2 unspecified atom stereocenters. The number of hydrazine groups is 1. The Kier molecular flexibility index (Phi) is 2.31. The highest BCUT2D eigenvalue weighted by Gasteiger charge is 2.27. The Balaban J connectivity index is 2.18. The number of hydrogen-bond donors (Lipinski definition) is 2. The number of rotatable bonds is 1. The largest absolute Gasteiger partial charge is 0.315 e. The van der Waals surface area contributed by atoms with Crippen molar-refractivity contribution in [2.45, 2.75) is 18.6 Å². The Labute approximate surface area is 78.5 Å². The van der Waals surface area contributed by atoms with Crippen molar-refractivity contribution >= 4 is 0 Å². The van der Waals surface area contributed by atoms with Gasteiger partial charge in [-0.2, -0.15) is 0 Å². The van der Waals surface area contributed by atoms with Gasteiger partial charge in [-0.15, -0.1) is 0 Å². The van der Waals surface area contributed by atoms with Crippen LogP contribution in [0, 0.1) is 0 Å². The summed E-state index contributed by atoms with van der Waals surface area (Å²) in [6, 6.07) is 10.9. The normalized spacial score (nSPS) is 29.4. The van der Waals surface area contributed by atoms with Crippen molar-refractivity contribution in [3.05, 3.63) is 35.9 Å². The fourth-order valence-electron chi connectivity index (χ4n) is 1.84. The molecule has 1 aromatic rings. The molecule has 1 aliphatic rings. The highest BCUT2D eigenvalue weighted by molar-refractivity contribution is 5.19. The fraction of sp³-hybridized carbons (Fsp3) is 0.400. The molecule has 70 valence electrons. The second-order valence-corrected chi connectivity index (χ2v) is 3.51. The molecule has 1 heterocycles. The molecular formula is C10H15N3. The maximum atomic E-state index is 5.80. The molecule has 0 spiro atoms. The van der Waals surface area contributed by atoms with Gasteiger partial charge >= 0.3 is 0 Å². The van der Waals surface area contributed by atoms with Crippen LogP contribution in [0.3, 0.4) is 0 Å². The lowest BCUT2D eigenvalue weighted by Gasteiger charge is -2.18. The van der Waals surface area contributed by atoms with Crippen molar-refractivity contribution in [3.8, 4) is 0 Å². The van der Waals surface area contributed by atoms with Crippen LogP contribution in [-0.4, -0.2) is 18.2 Å². The molecule has 3 nitrogen and oxygen atoms in total. The molecule has 3 heteroatoms. The first-order valence-corrected chi connectivity index (χ1v) is 4.57. The zero-order valence-corrected chi connectivity index (χ0v) is 7.77. The van der Waals surface area contributed by atoms with E-state index in [1.165, 1.54) is 5.56 Å². The molecule has 0 radical (unpaired) electrons. The number of nitrogens with one attached hydrogen (secondary N) is 1. The Bertz CT molecular complexity index is 273. The maximum Gasteiger partial charge on any atom is 0.0700 e. The molecular weight excluding hydrogens is 162 g/mol. The summed E-state index contributed by atoms with van der Waals surface area (Å²) in [4.78, 5) is 0. The van der Waals surface area contributed by atoms with Gasteiger partial charge in [0, 0.05) is 7.05 Å². The standard InChI is InChI=1S/C10H15N3/c1-13-9(7-10(11)12-13)8-5-3-2-4-6-8/h2-6,9-10,12H,7,11H2,1H3. The van der Waals surface area contributed by atoms with Gasteiger partial charge in [0.1, 0.15) is 0 Å². The zero-order valence-electron chi connectivity index (χ0n) is 7.77. The van der Waals surface area contributed by atoms with Crippen LogP contribution in [0.2, 0.25) is 0 Å². The van der Waals surface area contributed by atoms with Gasteiger partial charge in [0.25, 0.3) is 0 Å². The lowest BCUT2D eigenvalue weighted by atomic mass is 10.0. The van der Waals surface area contributed by atoms with E-state index in [-0.39, 0.29) is 6.17 Å². The van der Waals surface area contributed by atoms with E-state index in [9.17, 15) is 0 Å². The van der Waals surface area contributed by atoms with Gasteiger partial charge in [0.15, 0.2) is 0 Å². The molecule has 1 saturated heterocycles. The summed E-state index contributed by atoms with van der Waals surface area (Å²) in [6.45, 7) is 0. The van der Waals surface area contributed by atoms with Gasteiger partial charge in [-0.1, -0.05) is 30.3 Å². The van der Waals surface area contributed by atoms with Gasteiger partial charge in [-0.3, -0.25) is 0 Å². The molecule has 1 aliphatic heterocycles. The predicted molar refractivity (Wildman–Crippen MR) is 52.7 cm³/mol. The predicted octanol–water partition coefficient (Wildman–Crippen LogP) is 0.853. The minimum atomic E-state index is 0.0928. The van der Waals surface area contributed by atoms with Crippen molar-refractivity contribution in [1.82, 2.24) is 10.4 Å². The third kappa shape index (κ3) is 1.72. The van der Waals surface area contributed by atoms with Crippen molar-refractivity contribution in [2.75, 3.05) is 7.05 Å². The molecule has 2 rings (SSSR count). The SMILES string of the molecule is CN1NC(N)CC1c1ccccc1. The summed E-state index contributed by atoms with van der Waals surface area (Å²) in [5.74, 6) is 0. The third-order valence-corrected chi connectivity index (χ3v) is 2.50. The van der Waals surface area contributed by atoms with Gasteiger partial charge < -0.3 is 5.73 Å². The average molecular weight is 177 g/mol. The van der Waals surface area contributed by atoms with E-state index in [0.717, 1.165) is 6.42 Å². The molecule has 0 aliphatic carbocycles. The molecule has 3 N–H and O–H groups in total. The van der Waals surface area contributed by atoms with E-state index >= 15 is 0 Å². The summed E-state index contributed by atoms with van der Waals surface area (Å²) >= 11 is 0. The molecule has 13 heavy (non-hydrogen) atoms. The highest BCUT2D eigenvalue weighted by Crippen LogP contribution is 2.26. The first-order chi connectivity index (χ1) is 6.27. The van der Waals surface area contributed by atoms with E-state index in [0.29, 0.717) is 6.04 Å². The second-order valence-electron chi connectivity index (χ2n) is 3.51. The van der Waals surface area contributed by atoms with Crippen LogP contribution in [0.4, 0.5) is 0 Å². The zero-order chi connectivity index (χ0) is 9.26. The second kappa shape index (κ2) is 3.46. The number of benzene rings is 1. The van der Waals surface area contributed by atoms with E-state index in [2.05, 4.69) is 34.7 Å². The molecule has 1 aromatic carbocycles. The lowest BCUT2D eigenvalue weighted by molar-refractivity contribution is 0.230. The average Bonchev–Trinajstić information content (AvgIpc) is 2.47. The highest BCUT2D eigenvalue weighted by atomic mass is 15.6. The summed E-state index contributed by atoms with van der Waals surface area (Å²) in [5.41, 5.74) is 10.3. The minimum Gasteiger partial charge on any atom is -0.315 e. The Hall–Kier alpha value is -0.900. The molecule has 0 amide bonds. The fourth-order valence-corrected chi connectivity index (χ4v) is 1.84. The van der Waals surface area contributed by atoms with Gasteiger partial charge in [0.2, 0.25) is 0 Å². The van der Waals surface area contributed by atoms with Crippen LogP contribution in [0.15, 0.2) is 30.3 Å². The summed E-state index contributed by atoms with van der Waals surface area (Å²) < 4.78 is 0. The van der Waals surface area contributed by atoms with Crippen LogP contribution in [0.5, 0.6) is 0 Å². The van der Waals surface area contributed by atoms with Crippen LogP contribution < -0.4 is 11.2 Å². The molecule has 0 saturated carbocycles. The van der Waals surface area contributed by atoms with Crippen molar-refractivity contribution < 1.29 is 0 Å². The van der Waals surface area contributed by atoms with E-state index in [4.69, 9.17) is 5.73 Å². The first kappa shape index (κ1) is 8.69. The van der Waals surface area contributed by atoms with E-state index in [1.807, 2.05) is 13.1 Å². The van der Waals surface area contributed by atoms with Gasteiger partial charge in [-0.25, -0.2) is 10.4 Å². The van der Waals surface area contributed by atoms with Crippen molar-refractivity contribution in [1.29, 1.82) is 0 Å². The minimum absolute atomic E-state index is 0.0928. The molecule has 2 atom stereocenters. The number of nitrogens with zero attached hydrogens (tertiary/aromatic N) is 1. The van der Waals surface area contributed by atoms with E-state index in [1.54, 1.807) is 0 Å². The Morgan fingerprint density at radius 3 is 2.62 bits per heavy atom. The van der Waals surface area contributed by atoms with Crippen LogP contribution >= 0.6 is 0 Å². The first-order valence-electron chi connectivity index (χ1n) is 4.57. The monoisotopic (exact) mass is 177 g/mol. The van der Waals surface area contributed by atoms with Crippen molar-refractivity contribution in [2.24, 2.45) is 5.73 Å².